The fourth-order valence-electron chi connectivity index (χ4n) is 2.90. The molecule has 1 saturated heterocycles. The molecule has 1 amide bonds. The minimum absolute atomic E-state index is 0. The first-order valence-corrected chi connectivity index (χ1v) is 8.34. The highest BCUT2D eigenvalue weighted by molar-refractivity contribution is 6.30. The molecule has 136 valence electrons. The number of halogens is 2. The zero-order valence-electron chi connectivity index (χ0n) is 14.5. The van der Waals surface area contributed by atoms with Gasteiger partial charge in [-0.15, -0.1) is 12.4 Å². The van der Waals surface area contributed by atoms with E-state index in [4.69, 9.17) is 16.3 Å². The minimum Gasteiger partial charge on any atom is -0.373 e. The number of carbonyl (C=O) groups is 1. The number of ether oxygens (including phenoxy) is 1. The highest BCUT2D eigenvalue weighted by Crippen LogP contribution is 2.27. The molecule has 1 unspecified atom stereocenters. The summed E-state index contributed by atoms with van der Waals surface area (Å²) in [5, 5.41) is 6.59. The molecule has 1 aliphatic heterocycles. The lowest BCUT2D eigenvalue weighted by atomic mass is 10.0. The Bertz CT molecular complexity index is 523. The van der Waals surface area contributed by atoms with Gasteiger partial charge < -0.3 is 15.4 Å². The van der Waals surface area contributed by atoms with Gasteiger partial charge in [0.1, 0.15) is 0 Å². The van der Waals surface area contributed by atoms with Gasteiger partial charge in [0, 0.05) is 24.7 Å². The maximum Gasteiger partial charge on any atom is 0.234 e. The van der Waals surface area contributed by atoms with E-state index in [1.807, 2.05) is 24.3 Å². The van der Waals surface area contributed by atoms with Crippen molar-refractivity contribution in [3.8, 4) is 0 Å². The lowest BCUT2D eigenvalue weighted by Gasteiger charge is -2.42. The first kappa shape index (κ1) is 21.2. The molecule has 5 nitrogen and oxygen atoms in total. The third-order valence-corrected chi connectivity index (χ3v) is 4.23. The second-order valence-corrected chi connectivity index (χ2v) is 6.92. The van der Waals surface area contributed by atoms with Crippen LogP contribution >= 0.6 is 24.0 Å². The normalized spacial score (nSPS) is 18.5. The molecular formula is C17H27Cl2N3O2. The van der Waals surface area contributed by atoms with Crippen molar-refractivity contribution in [2.24, 2.45) is 0 Å². The Morgan fingerprint density at radius 3 is 2.62 bits per heavy atom. The van der Waals surface area contributed by atoms with Crippen molar-refractivity contribution in [2.75, 3.05) is 39.8 Å². The molecule has 0 aliphatic carbocycles. The Kier molecular flexibility index (Phi) is 8.46. The summed E-state index contributed by atoms with van der Waals surface area (Å²) < 4.78 is 5.80. The van der Waals surface area contributed by atoms with Crippen LogP contribution in [0, 0.1) is 0 Å². The fourth-order valence-corrected chi connectivity index (χ4v) is 3.02. The Labute approximate surface area is 155 Å². The summed E-state index contributed by atoms with van der Waals surface area (Å²) in [7, 11) is 1.76. The van der Waals surface area contributed by atoms with Crippen LogP contribution in [0.15, 0.2) is 24.3 Å². The van der Waals surface area contributed by atoms with E-state index in [0.717, 1.165) is 18.7 Å². The van der Waals surface area contributed by atoms with Crippen LogP contribution in [0.2, 0.25) is 5.02 Å². The molecule has 1 heterocycles. The number of morpholine rings is 1. The average Bonchev–Trinajstić information content (AvgIpc) is 2.48. The molecule has 1 atom stereocenters. The summed E-state index contributed by atoms with van der Waals surface area (Å²) in [6, 6.07) is 7.95. The van der Waals surface area contributed by atoms with Crippen molar-refractivity contribution >= 4 is 29.9 Å². The predicted octanol–water partition coefficient (Wildman–Crippen LogP) is 2.25. The number of benzene rings is 1. The summed E-state index contributed by atoms with van der Waals surface area (Å²) in [6.07, 6.45) is 0. The average molecular weight is 376 g/mol. The predicted molar refractivity (Wildman–Crippen MR) is 100.0 cm³/mol. The summed E-state index contributed by atoms with van der Waals surface area (Å²) in [4.78, 5) is 14.2. The second-order valence-electron chi connectivity index (χ2n) is 6.48. The van der Waals surface area contributed by atoms with E-state index in [1.165, 1.54) is 0 Å². The van der Waals surface area contributed by atoms with E-state index in [1.54, 1.807) is 7.05 Å². The second kappa shape index (κ2) is 9.59. The number of carbonyl (C=O) groups excluding carboxylic acids is 1. The van der Waals surface area contributed by atoms with E-state index in [9.17, 15) is 4.79 Å². The Morgan fingerprint density at radius 2 is 2.04 bits per heavy atom. The van der Waals surface area contributed by atoms with Gasteiger partial charge in [-0.1, -0.05) is 23.7 Å². The van der Waals surface area contributed by atoms with E-state index in [-0.39, 0.29) is 30.0 Å². The zero-order valence-corrected chi connectivity index (χ0v) is 16.0. The highest BCUT2D eigenvalue weighted by Gasteiger charge is 2.32. The molecule has 0 bridgehead atoms. The van der Waals surface area contributed by atoms with Gasteiger partial charge in [-0.25, -0.2) is 0 Å². The van der Waals surface area contributed by atoms with Crippen LogP contribution in [0.1, 0.15) is 25.5 Å². The van der Waals surface area contributed by atoms with Gasteiger partial charge in [0.15, 0.2) is 0 Å². The van der Waals surface area contributed by atoms with Crippen molar-refractivity contribution in [1.82, 2.24) is 15.5 Å². The summed E-state index contributed by atoms with van der Waals surface area (Å²) in [6.45, 7) is 7.44. The lowest BCUT2D eigenvalue weighted by Crippen LogP contribution is -2.51. The van der Waals surface area contributed by atoms with Crippen molar-refractivity contribution in [3.63, 3.8) is 0 Å². The van der Waals surface area contributed by atoms with Gasteiger partial charge in [-0.3, -0.25) is 9.69 Å². The smallest absolute Gasteiger partial charge is 0.234 e. The summed E-state index contributed by atoms with van der Waals surface area (Å²) in [5.74, 6) is -0.000942. The third kappa shape index (κ3) is 6.22. The van der Waals surface area contributed by atoms with E-state index >= 15 is 0 Å². The topological polar surface area (TPSA) is 53.6 Å². The van der Waals surface area contributed by atoms with Gasteiger partial charge in [-0.2, -0.15) is 0 Å². The maximum atomic E-state index is 11.8. The summed E-state index contributed by atoms with van der Waals surface area (Å²) >= 11 is 6.00. The molecule has 1 aromatic carbocycles. The first-order valence-electron chi connectivity index (χ1n) is 7.96. The number of likely N-dealkylation sites (N-methyl/N-ethyl adjacent to an activating group) is 1. The molecule has 1 fully saturated rings. The molecule has 0 spiro atoms. The van der Waals surface area contributed by atoms with Gasteiger partial charge in [0.25, 0.3) is 0 Å². The number of amides is 1. The number of hydrogen-bond acceptors (Lipinski definition) is 4. The number of nitrogens with zero attached hydrogens (tertiary/aromatic N) is 1. The molecule has 0 radical (unpaired) electrons. The van der Waals surface area contributed by atoms with Crippen LogP contribution in [-0.2, 0) is 9.53 Å². The maximum absolute atomic E-state index is 11.8. The third-order valence-electron chi connectivity index (χ3n) is 3.98. The molecule has 0 aromatic heterocycles. The Balaban J connectivity index is 0.00000288. The van der Waals surface area contributed by atoms with E-state index in [2.05, 4.69) is 29.4 Å². The zero-order chi connectivity index (χ0) is 16.9. The lowest BCUT2D eigenvalue weighted by molar-refractivity contribution is -0.121. The molecule has 24 heavy (non-hydrogen) atoms. The Morgan fingerprint density at radius 1 is 1.38 bits per heavy atom. The van der Waals surface area contributed by atoms with E-state index < -0.39 is 0 Å². The van der Waals surface area contributed by atoms with Gasteiger partial charge in [-0.05, 0) is 38.6 Å². The highest BCUT2D eigenvalue weighted by atomic mass is 35.5. The minimum atomic E-state index is -0.183. The van der Waals surface area contributed by atoms with Crippen LogP contribution in [0.5, 0.6) is 0 Å². The van der Waals surface area contributed by atoms with Crippen LogP contribution in [-0.4, -0.2) is 56.2 Å². The molecule has 1 aromatic rings. The molecule has 2 N–H and O–H groups in total. The van der Waals surface area contributed by atoms with E-state index in [0.29, 0.717) is 24.7 Å². The quantitative estimate of drug-likeness (QED) is 0.800. The van der Waals surface area contributed by atoms with Crippen molar-refractivity contribution in [3.05, 3.63) is 34.9 Å². The fraction of sp³-hybridized carbons (Fsp3) is 0.588. The van der Waals surface area contributed by atoms with Crippen molar-refractivity contribution in [1.29, 1.82) is 0 Å². The molecule has 2 rings (SSSR count). The number of rotatable bonds is 6. The van der Waals surface area contributed by atoms with Crippen LogP contribution in [0.4, 0.5) is 0 Å². The molecular weight excluding hydrogens is 349 g/mol. The number of hydrogen-bond donors (Lipinski definition) is 2. The van der Waals surface area contributed by atoms with Gasteiger partial charge >= 0.3 is 0 Å². The monoisotopic (exact) mass is 375 g/mol. The van der Waals surface area contributed by atoms with Crippen molar-refractivity contribution in [2.45, 2.75) is 25.5 Å². The number of nitrogens with one attached hydrogen (secondary N) is 2. The summed E-state index contributed by atoms with van der Waals surface area (Å²) in [5.41, 5.74) is 0.967. The van der Waals surface area contributed by atoms with Crippen LogP contribution in [0.25, 0.3) is 0 Å². The molecule has 0 saturated carbocycles. The molecule has 7 heteroatoms. The first-order chi connectivity index (χ1) is 10.9. The SMILES string of the molecule is CNCC(=O)NCC(c1ccc(Cl)cc1)N1CCOC(C)(C)C1.Cl. The largest absolute Gasteiger partial charge is 0.373 e. The molecule has 1 aliphatic rings. The van der Waals surface area contributed by atoms with Crippen LogP contribution < -0.4 is 10.6 Å². The van der Waals surface area contributed by atoms with Gasteiger partial charge in [0.2, 0.25) is 5.91 Å². The Hall–Kier alpha value is -0.850. The standard InChI is InChI=1S/C17H26ClN3O2.ClH/c1-17(2)12-21(8-9-23-17)15(10-20-16(22)11-19-3)13-4-6-14(18)7-5-13;/h4-7,15,19H,8-12H2,1-3H3,(H,20,22);1H. The van der Waals surface area contributed by atoms with Crippen LogP contribution in [0.3, 0.4) is 0 Å². The van der Waals surface area contributed by atoms with Gasteiger partial charge in [0.05, 0.1) is 24.8 Å². The van der Waals surface area contributed by atoms with Crippen molar-refractivity contribution < 1.29 is 9.53 Å².